The lowest BCUT2D eigenvalue weighted by molar-refractivity contribution is 0.568. The lowest BCUT2D eigenvalue weighted by Gasteiger charge is -2.12. The Hall–Kier alpha value is -2.08. The molecule has 0 radical (unpaired) electrons. The molecule has 0 spiro atoms. The van der Waals surface area contributed by atoms with Gasteiger partial charge in [0.2, 0.25) is 10.0 Å². The van der Waals surface area contributed by atoms with Crippen LogP contribution in [0.25, 0.3) is 0 Å². The van der Waals surface area contributed by atoms with E-state index in [2.05, 4.69) is 21.8 Å². The maximum Gasteiger partial charge on any atom is 0.250 e. The average Bonchev–Trinajstić information content (AvgIpc) is 2.83. The fraction of sp³-hybridized carbons (Fsp3) is 0.312. The molecular weight excluding hydrogens is 300 g/mol. The number of hydrogen-bond acceptors (Lipinski definition) is 3. The Morgan fingerprint density at radius 1 is 1.23 bits per heavy atom. The normalized spacial score (nSPS) is 14.8. The van der Waals surface area contributed by atoms with Crippen LogP contribution in [0.15, 0.2) is 41.3 Å². The Labute approximate surface area is 129 Å². The summed E-state index contributed by atoms with van der Waals surface area (Å²) in [5, 5.41) is 0. The summed E-state index contributed by atoms with van der Waals surface area (Å²) < 4.78 is 27.1. The van der Waals surface area contributed by atoms with Crippen LogP contribution in [-0.4, -0.2) is 19.2 Å². The summed E-state index contributed by atoms with van der Waals surface area (Å²) in [6.45, 7) is 1.64. The molecule has 6 heteroatoms. The van der Waals surface area contributed by atoms with Gasteiger partial charge in [-0.3, -0.25) is 9.52 Å². The SMILES string of the molecule is Cc1cc(NS(=O)(=O)CC2Cc3ccccc3C2)c[nH]c1=O. The zero-order chi connectivity index (χ0) is 15.7. The second kappa shape index (κ2) is 5.61. The second-order valence-electron chi connectivity index (χ2n) is 5.83. The first-order chi connectivity index (χ1) is 10.4. The number of nitrogens with one attached hydrogen (secondary N) is 2. The van der Waals surface area contributed by atoms with Crippen LogP contribution in [0, 0.1) is 12.8 Å². The second-order valence-corrected chi connectivity index (χ2v) is 7.59. The standard InChI is InChI=1S/C16H18N2O3S/c1-11-6-15(9-17-16(11)19)18-22(20,21)10-12-7-13-4-2-3-5-14(13)8-12/h2-6,9,12,18H,7-8,10H2,1H3,(H,17,19). The number of aromatic nitrogens is 1. The van der Waals surface area contributed by atoms with Crippen LogP contribution in [-0.2, 0) is 22.9 Å². The van der Waals surface area contributed by atoms with E-state index >= 15 is 0 Å². The topological polar surface area (TPSA) is 79.0 Å². The number of pyridine rings is 1. The summed E-state index contributed by atoms with van der Waals surface area (Å²) in [6.07, 6.45) is 2.97. The van der Waals surface area contributed by atoms with Crippen molar-refractivity contribution in [1.82, 2.24) is 4.98 Å². The molecule has 0 unspecified atom stereocenters. The van der Waals surface area contributed by atoms with Gasteiger partial charge in [-0.05, 0) is 42.9 Å². The Kier molecular flexibility index (Phi) is 3.78. The Balaban J connectivity index is 1.70. The largest absolute Gasteiger partial charge is 0.327 e. The van der Waals surface area contributed by atoms with Gasteiger partial charge in [-0.25, -0.2) is 8.42 Å². The van der Waals surface area contributed by atoms with Gasteiger partial charge in [0.25, 0.3) is 5.56 Å². The maximum atomic E-state index is 12.3. The third-order valence-corrected chi connectivity index (χ3v) is 5.41. The lowest BCUT2D eigenvalue weighted by atomic mass is 10.1. The van der Waals surface area contributed by atoms with E-state index in [0.717, 1.165) is 12.8 Å². The molecule has 5 nitrogen and oxygen atoms in total. The number of aryl methyl sites for hydroxylation is 1. The highest BCUT2D eigenvalue weighted by Crippen LogP contribution is 2.27. The molecule has 0 amide bonds. The number of rotatable bonds is 4. The van der Waals surface area contributed by atoms with E-state index in [0.29, 0.717) is 11.3 Å². The zero-order valence-corrected chi connectivity index (χ0v) is 13.1. The highest BCUT2D eigenvalue weighted by molar-refractivity contribution is 7.92. The molecule has 22 heavy (non-hydrogen) atoms. The molecule has 116 valence electrons. The summed E-state index contributed by atoms with van der Waals surface area (Å²) in [5.41, 5.74) is 3.14. The monoisotopic (exact) mass is 318 g/mol. The van der Waals surface area contributed by atoms with E-state index in [1.165, 1.54) is 17.3 Å². The number of benzene rings is 1. The van der Waals surface area contributed by atoms with Crippen LogP contribution in [0.2, 0.25) is 0 Å². The molecule has 2 N–H and O–H groups in total. The van der Waals surface area contributed by atoms with E-state index in [9.17, 15) is 13.2 Å². The number of H-pyrrole nitrogens is 1. The minimum atomic E-state index is -3.44. The molecule has 1 aromatic heterocycles. The van der Waals surface area contributed by atoms with Crippen molar-refractivity contribution in [1.29, 1.82) is 0 Å². The maximum absolute atomic E-state index is 12.3. The van der Waals surface area contributed by atoms with E-state index in [-0.39, 0.29) is 17.2 Å². The molecule has 3 rings (SSSR count). The molecule has 1 aliphatic carbocycles. The fourth-order valence-corrected chi connectivity index (χ4v) is 4.37. The van der Waals surface area contributed by atoms with Gasteiger partial charge in [-0.15, -0.1) is 0 Å². The van der Waals surface area contributed by atoms with Gasteiger partial charge in [0.1, 0.15) is 0 Å². The molecule has 0 aliphatic heterocycles. The van der Waals surface area contributed by atoms with Crippen LogP contribution in [0.1, 0.15) is 16.7 Å². The molecule has 0 fully saturated rings. The summed E-state index contributed by atoms with van der Waals surface area (Å²) in [6, 6.07) is 9.62. The summed E-state index contributed by atoms with van der Waals surface area (Å²) in [4.78, 5) is 13.8. The summed E-state index contributed by atoms with van der Waals surface area (Å²) in [5.74, 6) is 0.179. The smallest absolute Gasteiger partial charge is 0.250 e. The molecular formula is C16H18N2O3S. The Morgan fingerprint density at radius 3 is 2.45 bits per heavy atom. The van der Waals surface area contributed by atoms with E-state index in [1.54, 1.807) is 13.0 Å². The summed E-state index contributed by atoms with van der Waals surface area (Å²) in [7, 11) is -3.44. The fourth-order valence-electron chi connectivity index (χ4n) is 2.96. The molecule has 0 saturated carbocycles. The first kappa shape index (κ1) is 14.8. The van der Waals surface area contributed by atoms with Gasteiger partial charge in [0, 0.05) is 11.8 Å². The molecule has 0 bridgehead atoms. The molecule has 1 heterocycles. The van der Waals surface area contributed by atoms with Crippen LogP contribution in [0.4, 0.5) is 5.69 Å². The van der Waals surface area contributed by atoms with Crippen molar-refractivity contribution in [3.8, 4) is 0 Å². The van der Waals surface area contributed by atoms with Crippen molar-refractivity contribution in [3.63, 3.8) is 0 Å². The van der Waals surface area contributed by atoms with Crippen molar-refractivity contribution in [2.24, 2.45) is 5.92 Å². The third kappa shape index (κ3) is 3.22. The Morgan fingerprint density at radius 2 is 1.86 bits per heavy atom. The minimum absolute atomic E-state index is 0.0832. The first-order valence-corrected chi connectivity index (χ1v) is 8.85. The quantitative estimate of drug-likeness (QED) is 0.903. The number of anilines is 1. The molecule has 1 aliphatic rings. The molecule has 0 saturated heterocycles. The molecule has 2 aromatic rings. The molecule has 0 atom stereocenters. The van der Waals surface area contributed by atoms with Crippen molar-refractivity contribution in [2.45, 2.75) is 19.8 Å². The number of sulfonamides is 1. The minimum Gasteiger partial charge on any atom is -0.327 e. The predicted octanol–water partition coefficient (Wildman–Crippen LogP) is 1.84. The average molecular weight is 318 g/mol. The van der Waals surface area contributed by atoms with Gasteiger partial charge in [-0.2, -0.15) is 0 Å². The van der Waals surface area contributed by atoms with Crippen LogP contribution >= 0.6 is 0 Å². The molecule has 1 aromatic carbocycles. The number of fused-ring (bicyclic) bond motifs is 1. The van der Waals surface area contributed by atoms with Crippen molar-refractivity contribution in [2.75, 3.05) is 10.5 Å². The van der Waals surface area contributed by atoms with Crippen molar-refractivity contribution < 1.29 is 8.42 Å². The van der Waals surface area contributed by atoms with Crippen LogP contribution < -0.4 is 10.3 Å². The van der Waals surface area contributed by atoms with Crippen molar-refractivity contribution >= 4 is 15.7 Å². The van der Waals surface area contributed by atoms with E-state index in [1.807, 2.05) is 12.1 Å². The Bertz CT molecular complexity index is 831. The van der Waals surface area contributed by atoms with Crippen LogP contribution in [0.5, 0.6) is 0 Å². The predicted molar refractivity (Wildman–Crippen MR) is 86.5 cm³/mol. The van der Waals surface area contributed by atoms with Gasteiger partial charge in [-0.1, -0.05) is 24.3 Å². The summed E-state index contributed by atoms with van der Waals surface area (Å²) >= 11 is 0. The highest BCUT2D eigenvalue weighted by atomic mass is 32.2. The van der Waals surface area contributed by atoms with Gasteiger partial charge < -0.3 is 4.98 Å². The number of hydrogen-bond donors (Lipinski definition) is 2. The van der Waals surface area contributed by atoms with Gasteiger partial charge >= 0.3 is 0 Å². The van der Waals surface area contributed by atoms with Gasteiger partial charge in [0.15, 0.2) is 0 Å². The number of aromatic amines is 1. The zero-order valence-electron chi connectivity index (χ0n) is 12.3. The van der Waals surface area contributed by atoms with Crippen LogP contribution in [0.3, 0.4) is 0 Å². The van der Waals surface area contributed by atoms with E-state index in [4.69, 9.17) is 0 Å². The van der Waals surface area contributed by atoms with Crippen molar-refractivity contribution in [3.05, 3.63) is 63.6 Å². The van der Waals surface area contributed by atoms with Gasteiger partial charge in [0.05, 0.1) is 11.4 Å². The van der Waals surface area contributed by atoms with E-state index < -0.39 is 10.0 Å². The first-order valence-electron chi connectivity index (χ1n) is 7.19. The highest BCUT2D eigenvalue weighted by Gasteiger charge is 2.26. The lowest BCUT2D eigenvalue weighted by Crippen LogP contribution is -2.23. The third-order valence-electron chi connectivity index (χ3n) is 3.95.